The maximum Gasteiger partial charge on any atom is 0.0245 e. The maximum absolute atomic E-state index is 5.69. The lowest BCUT2D eigenvalue weighted by Crippen LogP contribution is -2.36. The molecule has 2 saturated heterocycles. The number of benzene rings is 1. The molecule has 3 rings (SSSR count). The molecule has 0 aliphatic carbocycles. The Morgan fingerprint density at radius 1 is 1.25 bits per heavy atom. The number of likely N-dealkylation sites (N-methyl/N-ethyl adjacent to an activating group) is 1. The molecule has 2 fully saturated rings. The van der Waals surface area contributed by atoms with Gasteiger partial charge in [-0.2, -0.15) is 0 Å². The van der Waals surface area contributed by atoms with Crippen LogP contribution < -0.4 is 5.73 Å². The lowest BCUT2D eigenvalue weighted by Gasteiger charge is -2.26. The summed E-state index contributed by atoms with van der Waals surface area (Å²) < 4.78 is 1.20. The van der Waals surface area contributed by atoms with E-state index in [0.717, 1.165) is 18.6 Å². The third-order valence-electron chi connectivity index (χ3n) is 4.98. The molecule has 0 amide bonds. The maximum atomic E-state index is 5.69. The fraction of sp³-hybridized carbons (Fsp3) is 0.625. The highest BCUT2D eigenvalue weighted by molar-refractivity contribution is 9.10. The molecule has 2 bridgehead atoms. The summed E-state index contributed by atoms with van der Waals surface area (Å²) in [5, 5.41) is 0. The molecule has 2 unspecified atom stereocenters. The zero-order valence-electron chi connectivity index (χ0n) is 12.2. The lowest BCUT2D eigenvalue weighted by atomic mass is 10.1. The van der Waals surface area contributed by atoms with Gasteiger partial charge in [-0.25, -0.2) is 0 Å². The Hall–Kier alpha value is -0.420. The first-order valence-corrected chi connectivity index (χ1v) is 8.38. The van der Waals surface area contributed by atoms with Gasteiger partial charge in [-0.3, -0.25) is 9.80 Å². The van der Waals surface area contributed by atoms with Crippen molar-refractivity contribution in [3.05, 3.63) is 33.8 Å². The van der Waals surface area contributed by atoms with Gasteiger partial charge in [0.25, 0.3) is 0 Å². The second-order valence-corrected chi connectivity index (χ2v) is 7.06. The van der Waals surface area contributed by atoms with Crippen molar-refractivity contribution in [1.29, 1.82) is 0 Å². The van der Waals surface area contributed by atoms with E-state index < -0.39 is 0 Å². The van der Waals surface area contributed by atoms with E-state index in [1.165, 1.54) is 48.0 Å². The van der Waals surface area contributed by atoms with Crippen molar-refractivity contribution < 1.29 is 0 Å². The van der Waals surface area contributed by atoms with Gasteiger partial charge in [-0.1, -0.05) is 28.1 Å². The first-order chi connectivity index (χ1) is 9.67. The van der Waals surface area contributed by atoms with E-state index in [0.29, 0.717) is 6.54 Å². The van der Waals surface area contributed by atoms with Gasteiger partial charge >= 0.3 is 0 Å². The second kappa shape index (κ2) is 6.14. The van der Waals surface area contributed by atoms with E-state index in [1.807, 2.05) is 0 Å². The predicted octanol–water partition coefficient (Wildman–Crippen LogP) is 2.58. The van der Waals surface area contributed by atoms with Gasteiger partial charge in [0.2, 0.25) is 0 Å². The van der Waals surface area contributed by atoms with Gasteiger partial charge in [-0.15, -0.1) is 0 Å². The molecule has 0 radical (unpaired) electrons. The monoisotopic (exact) mass is 337 g/mol. The molecule has 2 N–H and O–H groups in total. The quantitative estimate of drug-likeness (QED) is 0.920. The normalized spacial score (nSPS) is 27.8. The SMILES string of the molecule is CN1C2CCC1CN(Cc1ccc(CN)cc1Br)CC2. The van der Waals surface area contributed by atoms with Crippen molar-refractivity contribution in [3.63, 3.8) is 0 Å². The van der Waals surface area contributed by atoms with Crippen LogP contribution in [0.25, 0.3) is 0 Å². The molecule has 0 spiro atoms. The number of fused-ring (bicyclic) bond motifs is 2. The number of nitrogens with two attached hydrogens (primary N) is 1. The number of hydrogen-bond acceptors (Lipinski definition) is 3. The summed E-state index contributed by atoms with van der Waals surface area (Å²) in [5.74, 6) is 0. The van der Waals surface area contributed by atoms with Crippen LogP contribution in [0.3, 0.4) is 0 Å². The Labute approximate surface area is 130 Å². The molecule has 20 heavy (non-hydrogen) atoms. The minimum atomic E-state index is 0.608. The summed E-state index contributed by atoms with van der Waals surface area (Å²) in [5.41, 5.74) is 8.26. The molecule has 4 heteroatoms. The van der Waals surface area contributed by atoms with Crippen LogP contribution in [-0.2, 0) is 13.1 Å². The number of nitrogens with zero attached hydrogens (tertiary/aromatic N) is 2. The summed E-state index contributed by atoms with van der Waals surface area (Å²) in [6.45, 7) is 4.08. The zero-order valence-corrected chi connectivity index (χ0v) is 13.8. The molecule has 1 aromatic carbocycles. The fourth-order valence-corrected chi connectivity index (χ4v) is 4.16. The molecular weight excluding hydrogens is 314 g/mol. The van der Waals surface area contributed by atoms with E-state index >= 15 is 0 Å². The number of halogens is 1. The van der Waals surface area contributed by atoms with E-state index in [-0.39, 0.29) is 0 Å². The highest BCUT2D eigenvalue weighted by Gasteiger charge is 2.34. The Morgan fingerprint density at radius 3 is 2.80 bits per heavy atom. The molecule has 0 saturated carbocycles. The molecule has 110 valence electrons. The highest BCUT2D eigenvalue weighted by atomic mass is 79.9. The first-order valence-electron chi connectivity index (χ1n) is 7.59. The minimum absolute atomic E-state index is 0.608. The molecule has 1 aromatic rings. The highest BCUT2D eigenvalue weighted by Crippen LogP contribution is 2.29. The second-order valence-electron chi connectivity index (χ2n) is 6.20. The average Bonchev–Trinajstić information content (AvgIpc) is 2.69. The van der Waals surface area contributed by atoms with Crippen LogP contribution in [0.15, 0.2) is 22.7 Å². The van der Waals surface area contributed by atoms with Crippen molar-refractivity contribution in [2.75, 3.05) is 20.1 Å². The van der Waals surface area contributed by atoms with Crippen LogP contribution >= 0.6 is 15.9 Å². The van der Waals surface area contributed by atoms with Gasteiger partial charge in [0.05, 0.1) is 0 Å². The Bertz CT molecular complexity index is 477. The van der Waals surface area contributed by atoms with E-state index in [9.17, 15) is 0 Å². The molecule has 3 nitrogen and oxygen atoms in total. The van der Waals surface area contributed by atoms with Gasteiger partial charge < -0.3 is 5.73 Å². The molecule has 2 aliphatic heterocycles. The Kier molecular flexibility index (Phi) is 4.46. The zero-order chi connectivity index (χ0) is 14.1. The van der Waals surface area contributed by atoms with Gasteiger partial charge in [0.1, 0.15) is 0 Å². The van der Waals surface area contributed by atoms with Gasteiger partial charge in [0.15, 0.2) is 0 Å². The van der Waals surface area contributed by atoms with Crippen LogP contribution in [0, 0.1) is 0 Å². The standard InChI is InChI=1S/C16H24BrN3/c1-19-14-4-5-15(19)11-20(7-6-14)10-13-3-2-12(9-18)8-16(13)17/h2-3,8,14-15H,4-7,9-11,18H2,1H3. The predicted molar refractivity (Wildman–Crippen MR) is 86.5 cm³/mol. The van der Waals surface area contributed by atoms with Crippen LogP contribution in [0.2, 0.25) is 0 Å². The van der Waals surface area contributed by atoms with Crippen molar-refractivity contribution in [1.82, 2.24) is 9.80 Å². The smallest absolute Gasteiger partial charge is 0.0245 e. The summed E-state index contributed by atoms with van der Waals surface area (Å²) in [6.07, 6.45) is 4.07. The molecule has 2 aliphatic rings. The van der Waals surface area contributed by atoms with Crippen molar-refractivity contribution in [2.24, 2.45) is 5.73 Å². The van der Waals surface area contributed by atoms with Crippen LogP contribution in [-0.4, -0.2) is 42.0 Å². The molecule has 2 heterocycles. The van der Waals surface area contributed by atoms with Gasteiger partial charge in [0, 0.05) is 42.7 Å². The Balaban J connectivity index is 1.69. The topological polar surface area (TPSA) is 32.5 Å². The fourth-order valence-electron chi connectivity index (χ4n) is 3.61. The van der Waals surface area contributed by atoms with Gasteiger partial charge in [-0.05, 0) is 43.5 Å². The summed E-state index contributed by atoms with van der Waals surface area (Å²) in [6, 6.07) is 8.10. The third-order valence-corrected chi connectivity index (χ3v) is 5.72. The van der Waals surface area contributed by atoms with Crippen LogP contribution in [0.5, 0.6) is 0 Å². The van der Waals surface area contributed by atoms with Crippen molar-refractivity contribution >= 4 is 15.9 Å². The largest absolute Gasteiger partial charge is 0.326 e. The van der Waals surface area contributed by atoms with E-state index in [2.05, 4.69) is 51.0 Å². The third kappa shape index (κ3) is 2.93. The first kappa shape index (κ1) is 14.5. The minimum Gasteiger partial charge on any atom is -0.326 e. The molecular formula is C16H24BrN3. The molecule has 2 atom stereocenters. The van der Waals surface area contributed by atoms with Crippen molar-refractivity contribution in [3.8, 4) is 0 Å². The summed E-state index contributed by atoms with van der Waals surface area (Å²) in [4.78, 5) is 5.22. The van der Waals surface area contributed by atoms with E-state index in [1.54, 1.807) is 0 Å². The number of likely N-dealkylation sites (tertiary alicyclic amines) is 1. The van der Waals surface area contributed by atoms with Crippen molar-refractivity contribution in [2.45, 2.75) is 44.4 Å². The lowest BCUT2D eigenvalue weighted by molar-refractivity contribution is 0.214. The van der Waals surface area contributed by atoms with E-state index in [4.69, 9.17) is 5.73 Å². The number of hydrogen-bond donors (Lipinski definition) is 1. The summed E-state index contributed by atoms with van der Waals surface area (Å²) >= 11 is 3.69. The average molecular weight is 338 g/mol. The number of rotatable bonds is 3. The van der Waals surface area contributed by atoms with Crippen LogP contribution in [0.1, 0.15) is 30.4 Å². The van der Waals surface area contributed by atoms with Crippen LogP contribution in [0.4, 0.5) is 0 Å². The molecule has 0 aromatic heterocycles. The Morgan fingerprint density at radius 2 is 2.05 bits per heavy atom. The summed E-state index contributed by atoms with van der Waals surface area (Å²) in [7, 11) is 2.30.